The van der Waals surface area contributed by atoms with Crippen molar-refractivity contribution in [2.24, 2.45) is 5.92 Å². The van der Waals surface area contributed by atoms with Crippen LogP contribution in [0.5, 0.6) is 11.5 Å². The van der Waals surface area contributed by atoms with Crippen molar-refractivity contribution in [1.82, 2.24) is 10.2 Å². The molecule has 2 rings (SSSR count). The van der Waals surface area contributed by atoms with Crippen LogP contribution in [0.15, 0.2) is 17.6 Å². The van der Waals surface area contributed by atoms with Gasteiger partial charge in [0.25, 0.3) is 5.91 Å². The maximum atomic E-state index is 12.2. The van der Waals surface area contributed by atoms with Crippen molar-refractivity contribution in [3.8, 4) is 11.5 Å². The Kier molecular flexibility index (Phi) is 5.57. The zero-order chi connectivity index (χ0) is 16.1. The molecule has 1 N–H and O–H groups in total. The van der Waals surface area contributed by atoms with Gasteiger partial charge >= 0.3 is 0 Å². The third kappa shape index (κ3) is 4.08. The summed E-state index contributed by atoms with van der Waals surface area (Å²) >= 11 is 7.44. The zero-order valence-electron chi connectivity index (χ0n) is 12.4. The normalized spacial score (nSPS) is 10.6. The molecule has 1 aromatic carbocycles. The first-order valence-electron chi connectivity index (χ1n) is 6.59. The Hall–Kier alpha value is -1.86. The number of halogens is 1. The van der Waals surface area contributed by atoms with E-state index in [2.05, 4.69) is 15.5 Å². The predicted octanol–water partition coefficient (Wildman–Crippen LogP) is 3.49. The van der Waals surface area contributed by atoms with Crippen molar-refractivity contribution in [3.05, 3.63) is 28.2 Å². The summed E-state index contributed by atoms with van der Waals surface area (Å²) in [6.45, 7) is 4.57. The first kappa shape index (κ1) is 16.5. The minimum absolute atomic E-state index is 0.322. The fourth-order valence-corrected chi connectivity index (χ4v) is 2.34. The lowest BCUT2D eigenvalue weighted by molar-refractivity contribution is 0.102. The highest BCUT2D eigenvalue weighted by atomic mass is 35.5. The summed E-state index contributed by atoms with van der Waals surface area (Å²) in [7, 11) is 1.50. The predicted molar refractivity (Wildman–Crippen MR) is 86.2 cm³/mol. The van der Waals surface area contributed by atoms with Crippen molar-refractivity contribution >= 4 is 34.0 Å². The van der Waals surface area contributed by atoms with E-state index in [0.717, 1.165) is 0 Å². The summed E-state index contributed by atoms with van der Waals surface area (Å²) < 4.78 is 10.9. The molecule has 22 heavy (non-hydrogen) atoms. The zero-order valence-corrected chi connectivity index (χ0v) is 14.0. The number of aromatic nitrogens is 2. The molecular weight excluding hydrogens is 326 g/mol. The summed E-state index contributed by atoms with van der Waals surface area (Å²) in [6.07, 6.45) is 0. The van der Waals surface area contributed by atoms with Crippen molar-refractivity contribution in [3.63, 3.8) is 0 Å². The van der Waals surface area contributed by atoms with Gasteiger partial charge in [0.2, 0.25) is 5.13 Å². The Bertz CT molecular complexity index is 647. The van der Waals surface area contributed by atoms with Crippen LogP contribution >= 0.6 is 22.9 Å². The molecule has 6 nitrogen and oxygen atoms in total. The summed E-state index contributed by atoms with van der Waals surface area (Å²) in [5, 5.41) is 10.8. The van der Waals surface area contributed by atoms with Gasteiger partial charge in [-0.25, -0.2) is 0 Å². The summed E-state index contributed by atoms with van der Waals surface area (Å²) in [6, 6.07) is 3.12. The number of amides is 1. The molecule has 2 aromatic rings. The first-order chi connectivity index (χ1) is 10.5. The standard InChI is InChI=1S/C14H16ClN3O3S/c1-8(2)6-21-12-10(15)4-9(5-11(12)20-3)13(19)17-14-18-16-7-22-14/h4-5,7-8H,6H2,1-3H3,(H,17,18,19). The Morgan fingerprint density at radius 1 is 1.45 bits per heavy atom. The first-order valence-corrected chi connectivity index (χ1v) is 7.85. The molecule has 0 atom stereocenters. The number of carbonyl (C=O) groups is 1. The van der Waals surface area contributed by atoms with Gasteiger partial charge in [0.05, 0.1) is 18.7 Å². The van der Waals surface area contributed by atoms with E-state index in [1.165, 1.54) is 30.0 Å². The van der Waals surface area contributed by atoms with Gasteiger partial charge in [-0.15, -0.1) is 10.2 Å². The molecule has 0 spiro atoms. The second kappa shape index (κ2) is 7.42. The summed E-state index contributed by atoms with van der Waals surface area (Å²) in [4.78, 5) is 12.2. The number of anilines is 1. The van der Waals surface area contributed by atoms with Crippen LogP contribution < -0.4 is 14.8 Å². The summed E-state index contributed by atoms with van der Waals surface area (Å²) in [5.74, 6) is 0.856. The van der Waals surface area contributed by atoms with E-state index in [0.29, 0.717) is 39.7 Å². The average Bonchev–Trinajstić information content (AvgIpc) is 2.97. The molecule has 0 aliphatic heterocycles. The lowest BCUT2D eigenvalue weighted by Gasteiger charge is -2.15. The minimum atomic E-state index is -0.340. The van der Waals surface area contributed by atoms with Gasteiger partial charge < -0.3 is 9.47 Å². The minimum Gasteiger partial charge on any atom is -0.493 e. The van der Waals surface area contributed by atoms with Crippen LogP contribution in [0.25, 0.3) is 0 Å². The van der Waals surface area contributed by atoms with Crippen molar-refractivity contribution in [2.75, 3.05) is 19.0 Å². The molecule has 8 heteroatoms. The topological polar surface area (TPSA) is 73.3 Å². The van der Waals surface area contributed by atoms with Crippen LogP contribution in [0, 0.1) is 5.92 Å². The molecule has 0 saturated carbocycles. The third-order valence-electron chi connectivity index (χ3n) is 2.63. The Balaban J connectivity index is 2.23. The van der Waals surface area contributed by atoms with E-state index in [-0.39, 0.29) is 5.91 Å². The monoisotopic (exact) mass is 341 g/mol. The van der Waals surface area contributed by atoms with Gasteiger partial charge in [0, 0.05) is 5.56 Å². The fourth-order valence-electron chi connectivity index (χ4n) is 1.64. The molecule has 0 saturated heterocycles. The number of benzene rings is 1. The molecule has 0 unspecified atom stereocenters. The molecule has 1 aromatic heterocycles. The largest absolute Gasteiger partial charge is 0.493 e. The third-order valence-corrected chi connectivity index (χ3v) is 3.52. The molecular formula is C14H16ClN3O3S. The molecule has 0 bridgehead atoms. The van der Waals surface area contributed by atoms with Crippen LogP contribution in [-0.2, 0) is 0 Å². The van der Waals surface area contributed by atoms with Crippen LogP contribution in [-0.4, -0.2) is 29.8 Å². The van der Waals surface area contributed by atoms with Crippen LogP contribution in [0.1, 0.15) is 24.2 Å². The molecule has 1 amide bonds. The number of rotatable bonds is 6. The Labute approximate surface area is 137 Å². The van der Waals surface area contributed by atoms with Gasteiger partial charge in [-0.3, -0.25) is 10.1 Å². The van der Waals surface area contributed by atoms with Gasteiger partial charge in [-0.05, 0) is 18.1 Å². The number of methoxy groups -OCH3 is 1. The van der Waals surface area contributed by atoms with Crippen LogP contribution in [0.2, 0.25) is 5.02 Å². The maximum Gasteiger partial charge on any atom is 0.257 e. The summed E-state index contributed by atoms with van der Waals surface area (Å²) in [5.41, 5.74) is 1.89. The van der Waals surface area contributed by atoms with Crippen LogP contribution in [0.4, 0.5) is 5.13 Å². The molecule has 0 fully saturated rings. The molecule has 0 aliphatic rings. The van der Waals surface area contributed by atoms with Crippen molar-refractivity contribution in [2.45, 2.75) is 13.8 Å². The second-order valence-electron chi connectivity index (χ2n) is 4.89. The number of hydrogen-bond donors (Lipinski definition) is 1. The number of nitrogens with zero attached hydrogens (tertiary/aromatic N) is 2. The van der Waals surface area contributed by atoms with Gasteiger partial charge in [-0.1, -0.05) is 36.8 Å². The highest BCUT2D eigenvalue weighted by molar-refractivity contribution is 7.13. The van der Waals surface area contributed by atoms with Gasteiger partial charge in [-0.2, -0.15) is 0 Å². The van der Waals surface area contributed by atoms with E-state index in [4.69, 9.17) is 21.1 Å². The van der Waals surface area contributed by atoms with Crippen molar-refractivity contribution in [1.29, 1.82) is 0 Å². The number of ether oxygens (including phenoxy) is 2. The number of hydrogen-bond acceptors (Lipinski definition) is 6. The van der Waals surface area contributed by atoms with E-state index in [1.54, 1.807) is 6.07 Å². The average molecular weight is 342 g/mol. The fraction of sp³-hybridized carbons (Fsp3) is 0.357. The number of carbonyl (C=O) groups excluding carboxylic acids is 1. The van der Waals surface area contributed by atoms with E-state index in [1.807, 2.05) is 13.8 Å². The molecule has 1 heterocycles. The Morgan fingerprint density at radius 2 is 2.23 bits per heavy atom. The van der Waals surface area contributed by atoms with E-state index in [9.17, 15) is 4.79 Å². The Morgan fingerprint density at radius 3 is 2.82 bits per heavy atom. The van der Waals surface area contributed by atoms with Gasteiger partial charge in [0.15, 0.2) is 11.5 Å². The SMILES string of the molecule is COc1cc(C(=O)Nc2nncs2)cc(Cl)c1OCC(C)C. The van der Waals surface area contributed by atoms with Crippen molar-refractivity contribution < 1.29 is 14.3 Å². The molecule has 118 valence electrons. The molecule has 0 aliphatic carbocycles. The second-order valence-corrected chi connectivity index (χ2v) is 6.13. The highest BCUT2D eigenvalue weighted by Gasteiger charge is 2.17. The van der Waals surface area contributed by atoms with Crippen LogP contribution in [0.3, 0.4) is 0 Å². The van der Waals surface area contributed by atoms with E-state index >= 15 is 0 Å². The highest BCUT2D eigenvalue weighted by Crippen LogP contribution is 2.36. The smallest absolute Gasteiger partial charge is 0.257 e. The molecule has 0 radical (unpaired) electrons. The maximum absolute atomic E-state index is 12.2. The quantitative estimate of drug-likeness (QED) is 0.870. The lowest BCUT2D eigenvalue weighted by atomic mass is 10.2. The lowest BCUT2D eigenvalue weighted by Crippen LogP contribution is -2.13. The van der Waals surface area contributed by atoms with Gasteiger partial charge in [0.1, 0.15) is 5.51 Å². The van der Waals surface area contributed by atoms with E-state index < -0.39 is 0 Å². The number of nitrogens with one attached hydrogen (secondary N) is 1.